The van der Waals surface area contributed by atoms with Gasteiger partial charge in [-0.05, 0) is 90.9 Å². The highest BCUT2D eigenvalue weighted by Gasteiger charge is 2.54. The SMILES string of the molecule is CC[C@H]1CC[C@H]2[C@@H]3CCc4cc5c(cc4[C@H]3CC[C@]12C)C=NS(=O)(=O)O5. The first-order valence-corrected chi connectivity index (χ1v) is 11.4. The van der Waals surface area contributed by atoms with Gasteiger partial charge in [0, 0.05) is 5.56 Å². The van der Waals surface area contributed by atoms with Crippen LogP contribution in [0.3, 0.4) is 0 Å². The van der Waals surface area contributed by atoms with Crippen molar-refractivity contribution in [2.24, 2.45) is 27.6 Å². The Kier molecular flexibility index (Phi) is 3.60. The topological polar surface area (TPSA) is 55.7 Å². The van der Waals surface area contributed by atoms with Gasteiger partial charge in [-0.3, -0.25) is 0 Å². The van der Waals surface area contributed by atoms with Gasteiger partial charge in [0.25, 0.3) is 0 Å². The van der Waals surface area contributed by atoms with Crippen LogP contribution in [0.4, 0.5) is 0 Å². The maximum atomic E-state index is 11.6. The summed E-state index contributed by atoms with van der Waals surface area (Å²) in [7, 11) is -3.81. The normalized spacial score (nSPS) is 39.3. The molecule has 4 nitrogen and oxygen atoms in total. The zero-order valence-electron chi connectivity index (χ0n) is 15.6. The van der Waals surface area contributed by atoms with Crippen molar-refractivity contribution in [1.82, 2.24) is 0 Å². The Morgan fingerprint density at radius 2 is 2.08 bits per heavy atom. The first kappa shape index (κ1) is 16.8. The van der Waals surface area contributed by atoms with Gasteiger partial charge in [-0.1, -0.05) is 20.3 Å². The van der Waals surface area contributed by atoms with E-state index in [1.54, 1.807) is 0 Å². The summed E-state index contributed by atoms with van der Waals surface area (Å²) >= 11 is 0. The van der Waals surface area contributed by atoms with Crippen molar-refractivity contribution in [3.8, 4) is 5.75 Å². The summed E-state index contributed by atoms with van der Waals surface area (Å²) in [5.74, 6) is 3.58. The number of rotatable bonds is 1. The number of hydrogen-bond acceptors (Lipinski definition) is 3. The number of benzene rings is 1. The molecule has 0 bridgehead atoms. The Labute approximate surface area is 156 Å². The van der Waals surface area contributed by atoms with Crippen LogP contribution in [0, 0.1) is 23.2 Å². The highest BCUT2D eigenvalue weighted by Crippen LogP contribution is 2.63. The number of nitrogens with zero attached hydrogens (tertiary/aromatic N) is 1. The molecule has 1 aliphatic heterocycles. The van der Waals surface area contributed by atoms with Gasteiger partial charge in [0.15, 0.2) is 5.75 Å². The monoisotopic (exact) mass is 373 g/mol. The molecule has 0 radical (unpaired) electrons. The van der Waals surface area contributed by atoms with Gasteiger partial charge in [-0.25, -0.2) is 0 Å². The Bertz CT molecular complexity index is 891. The minimum Gasteiger partial charge on any atom is -0.365 e. The molecule has 1 aromatic rings. The average molecular weight is 374 g/mol. The molecule has 0 spiro atoms. The van der Waals surface area contributed by atoms with Crippen LogP contribution in [-0.4, -0.2) is 14.6 Å². The molecule has 5 atom stereocenters. The third-order valence-electron chi connectivity index (χ3n) is 8.06. The van der Waals surface area contributed by atoms with Crippen LogP contribution >= 0.6 is 0 Å². The standard InChI is InChI=1S/C21H27NO3S/c1-3-15-5-7-19-17-6-4-13-11-20-14(12-22-26(23,24)25-20)10-18(13)16(17)8-9-21(15,19)2/h10-12,15-17,19H,3-9H2,1-2H3/t15-,16-,17+,19-,21+/m0/s1. The van der Waals surface area contributed by atoms with Gasteiger partial charge in [-0.15, -0.1) is 4.40 Å². The molecular formula is C21H27NO3S. The quantitative estimate of drug-likeness (QED) is 0.721. The first-order valence-electron chi connectivity index (χ1n) is 10.1. The highest BCUT2D eigenvalue weighted by atomic mass is 32.2. The Morgan fingerprint density at radius 1 is 1.23 bits per heavy atom. The minimum absolute atomic E-state index is 0.449. The number of hydrogen-bond donors (Lipinski definition) is 0. The van der Waals surface area contributed by atoms with Crippen molar-refractivity contribution in [2.45, 2.75) is 64.7 Å². The molecule has 0 unspecified atom stereocenters. The molecule has 26 heavy (non-hydrogen) atoms. The zero-order chi connectivity index (χ0) is 18.1. The highest BCUT2D eigenvalue weighted by molar-refractivity contribution is 7.86. The van der Waals surface area contributed by atoms with Gasteiger partial charge < -0.3 is 4.18 Å². The molecule has 2 fully saturated rings. The Hall–Kier alpha value is -1.36. The lowest BCUT2D eigenvalue weighted by atomic mass is 9.54. The van der Waals surface area contributed by atoms with Crippen LogP contribution in [0.2, 0.25) is 0 Å². The number of aryl methyl sites for hydroxylation is 1. The summed E-state index contributed by atoms with van der Waals surface area (Å²) < 4.78 is 31.9. The lowest BCUT2D eigenvalue weighted by molar-refractivity contribution is 0.0273. The van der Waals surface area contributed by atoms with Crippen LogP contribution in [-0.2, 0) is 16.7 Å². The average Bonchev–Trinajstić information content (AvgIpc) is 2.95. The summed E-state index contributed by atoms with van der Waals surface area (Å²) in [6.45, 7) is 4.92. The van der Waals surface area contributed by atoms with Crippen molar-refractivity contribution in [3.63, 3.8) is 0 Å². The van der Waals surface area contributed by atoms with Crippen molar-refractivity contribution >= 4 is 16.5 Å². The molecule has 140 valence electrons. The molecule has 0 saturated heterocycles. The molecule has 5 rings (SSSR count). The smallest absolute Gasteiger partial charge is 0.365 e. The molecule has 4 aliphatic rings. The fourth-order valence-electron chi connectivity index (χ4n) is 6.83. The molecule has 0 N–H and O–H groups in total. The largest absolute Gasteiger partial charge is 0.428 e. The third-order valence-corrected chi connectivity index (χ3v) is 8.81. The summed E-state index contributed by atoms with van der Waals surface area (Å²) in [6.07, 6.45) is 10.4. The number of fused-ring (bicyclic) bond motifs is 6. The lowest BCUT2D eigenvalue weighted by Gasteiger charge is -2.51. The molecule has 3 aliphatic carbocycles. The summed E-state index contributed by atoms with van der Waals surface area (Å²) in [4.78, 5) is 0. The molecule has 1 heterocycles. The fourth-order valence-corrected chi connectivity index (χ4v) is 7.48. The van der Waals surface area contributed by atoms with E-state index in [0.717, 1.165) is 29.7 Å². The van der Waals surface area contributed by atoms with Gasteiger partial charge in [0.2, 0.25) is 0 Å². The van der Waals surface area contributed by atoms with Crippen LogP contribution < -0.4 is 4.18 Å². The van der Waals surface area contributed by atoms with E-state index in [1.807, 2.05) is 6.07 Å². The maximum Gasteiger partial charge on any atom is 0.428 e. The van der Waals surface area contributed by atoms with E-state index in [4.69, 9.17) is 4.18 Å². The summed E-state index contributed by atoms with van der Waals surface area (Å²) in [5, 5.41) is 0. The second kappa shape index (κ2) is 5.57. The van der Waals surface area contributed by atoms with Crippen molar-refractivity contribution in [1.29, 1.82) is 0 Å². The molecule has 0 aromatic heterocycles. The molecule has 2 saturated carbocycles. The van der Waals surface area contributed by atoms with Crippen LogP contribution in [0.1, 0.15) is 75.0 Å². The van der Waals surface area contributed by atoms with E-state index in [0.29, 0.717) is 17.1 Å². The third kappa shape index (κ3) is 2.32. The van der Waals surface area contributed by atoms with E-state index in [2.05, 4.69) is 24.3 Å². The van der Waals surface area contributed by atoms with E-state index >= 15 is 0 Å². The van der Waals surface area contributed by atoms with Crippen molar-refractivity contribution < 1.29 is 12.6 Å². The van der Waals surface area contributed by atoms with E-state index in [-0.39, 0.29) is 0 Å². The van der Waals surface area contributed by atoms with Crippen LogP contribution in [0.25, 0.3) is 0 Å². The van der Waals surface area contributed by atoms with Gasteiger partial charge in [-0.2, -0.15) is 8.42 Å². The maximum absolute atomic E-state index is 11.6. The van der Waals surface area contributed by atoms with Crippen molar-refractivity contribution in [3.05, 3.63) is 28.8 Å². The molecule has 1 aromatic carbocycles. The van der Waals surface area contributed by atoms with Crippen LogP contribution in [0.15, 0.2) is 16.5 Å². The van der Waals surface area contributed by atoms with Gasteiger partial charge in [0.05, 0.1) is 6.21 Å². The van der Waals surface area contributed by atoms with E-state index in [9.17, 15) is 8.42 Å². The fraction of sp³-hybridized carbons (Fsp3) is 0.667. The first-order chi connectivity index (χ1) is 12.4. The molecule has 0 amide bonds. The second-order valence-corrected chi connectivity index (χ2v) is 10.2. The van der Waals surface area contributed by atoms with Gasteiger partial charge >= 0.3 is 10.3 Å². The summed E-state index contributed by atoms with van der Waals surface area (Å²) in [6, 6.07) is 4.12. The Balaban J connectivity index is 1.52. The summed E-state index contributed by atoms with van der Waals surface area (Å²) in [5.41, 5.74) is 4.05. The minimum atomic E-state index is -3.81. The predicted octanol–water partition coefficient (Wildman–Crippen LogP) is 4.63. The molecule has 5 heteroatoms. The Morgan fingerprint density at radius 3 is 2.88 bits per heavy atom. The lowest BCUT2D eigenvalue weighted by Crippen LogP contribution is -2.42. The second-order valence-electron chi connectivity index (χ2n) is 8.98. The van der Waals surface area contributed by atoms with Gasteiger partial charge in [0.1, 0.15) is 0 Å². The van der Waals surface area contributed by atoms with E-state index in [1.165, 1.54) is 55.9 Å². The molecular weight excluding hydrogens is 346 g/mol. The van der Waals surface area contributed by atoms with E-state index < -0.39 is 10.3 Å². The zero-order valence-corrected chi connectivity index (χ0v) is 16.4. The van der Waals surface area contributed by atoms with Crippen LogP contribution in [0.5, 0.6) is 5.75 Å². The predicted molar refractivity (Wildman–Crippen MR) is 102 cm³/mol. The van der Waals surface area contributed by atoms with Crippen molar-refractivity contribution in [2.75, 3.05) is 0 Å².